The average Bonchev–Trinajstić information content (AvgIpc) is 2.65. The van der Waals surface area contributed by atoms with Gasteiger partial charge in [0.1, 0.15) is 5.78 Å². The molecule has 1 atom stereocenters. The third-order valence-corrected chi connectivity index (χ3v) is 3.26. The van der Waals surface area contributed by atoms with Gasteiger partial charge in [0.2, 0.25) is 0 Å². The van der Waals surface area contributed by atoms with E-state index in [0.717, 1.165) is 12.8 Å². The lowest BCUT2D eigenvalue weighted by molar-refractivity contribution is -0.182. The van der Waals surface area contributed by atoms with Crippen LogP contribution < -0.4 is 0 Å². The molecule has 1 rings (SSSR count). The lowest BCUT2D eigenvalue weighted by Crippen LogP contribution is -2.36. The Labute approximate surface area is 104 Å². The Kier molecular flexibility index (Phi) is 5.34. The molecule has 0 spiro atoms. The van der Waals surface area contributed by atoms with Gasteiger partial charge in [-0.25, -0.2) is 0 Å². The highest BCUT2D eigenvalue weighted by Crippen LogP contribution is 2.34. The Bertz CT molecular complexity index is 284. The van der Waals surface area contributed by atoms with E-state index in [-0.39, 0.29) is 11.7 Å². The molecule has 98 valence electrons. The Morgan fingerprint density at radius 3 is 2.35 bits per heavy atom. The van der Waals surface area contributed by atoms with E-state index in [1.54, 1.807) is 6.92 Å². The zero-order valence-electron chi connectivity index (χ0n) is 11.4. The van der Waals surface area contributed by atoms with Crippen LogP contribution in [-0.2, 0) is 14.3 Å². The summed E-state index contributed by atoms with van der Waals surface area (Å²) < 4.78 is 11.4. The molecule has 1 heterocycles. The maximum absolute atomic E-state index is 11.1. The van der Waals surface area contributed by atoms with E-state index in [1.165, 1.54) is 5.57 Å². The van der Waals surface area contributed by atoms with Crippen molar-refractivity contribution in [3.05, 3.63) is 11.6 Å². The number of carbonyl (C=O) groups excluding carboxylic acids is 1. The van der Waals surface area contributed by atoms with Crippen molar-refractivity contribution in [2.75, 3.05) is 13.2 Å². The van der Waals surface area contributed by atoms with Crippen LogP contribution in [0.4, 0.5) is 0 Å². The lowest BCUT2D eigenvalue weighted by atomic mass is 9.89. The van der Waals surface area contributed by atoms with E-state index >= 15 is 0 Å². The fraction of sp³-hybridized carbons (Fsp3) is 0.786. The summed E-state index contributed by atoms with van der Waals surface area (Å²) in [6.07, 6.45) is 4.53. The van der Waals surface area contributed by atoms with Crippen LogP contribution in [0.1, 0.15) is 47.0 Å². The van der Waals surface area contributed by atoms with Crippen LogP contribution in [0, 0.1) is 5.92 Å². The third-order valence-electron chi connectivity index (χ3n) is 3.26. The van der Waals surface area contributed by atoms with Crippen molar-refractivity contribution in [3.63, 3.8) is 0 Å². The average molecular weight is 240 g/mol. The van der Waals surface area contributed by atoms with Gasteiger partial charge in [0.25, 0.3) is 0 Å². The second kappa shape index (κ2) is 6.31. The summed E-state index contributed by atoms with van der Waals surface area (Å²) in [4.78, 5) is 11.1. The first-order chi connectivity index (χ1) is 7.94. The number of allylic oxidation sites excluding steroid dienone is 2. The molecule has 0 aromatic heterocycles. The predicted octanol–water partition coefficient (Wildman–Crippen LogP) is 3.09. The lowest BCUT2D eigenvalue weighted by Gasteiger charge is -2.31. The van der Waals surface area contributed by atoms with Crippen molar-refractivity contribution in [2.45, 2.75) is 52.7 Å². The van der Waals surface area contributed by atoms with Gasteiger partial charge < -0.3 is 14.3 Å². The minimum atomic E-state index is -0.512. The molecule has 3 nitrogen and oxygen atoms in total. The molecule has 0 radical (unpaired) electrons. The summed E-state index contributed by atoms with van der Waals surface area (Å²) in [5, 5.41) is 0. The maximum atomic E-state index is 11.1. The Hall–Kier alpha value is -0.670. The van der Waals surface area contributed by atoms with Crippen LogP contribution in [0.5, 0.6) is 0 Å². The van der Waals surface area contributed by atoms with E-state index in [0.29, 0.717) is 19.6 Å². The number of carbonyl (C=O) groups is 1. The quantitative estimate of drug-likeness (QED) is 0.669. The van der Waals surface area contributed by atoms with E-state index in [2.05, 4.69) is 19.9 Å². The molecule has 0 N–H and O–H groups in total. The summed E-state index contributed by atoms with van der Waals surface area (Å²) in [5.41, 5.74) is 1.29. The van der Waals surface area contributed by atoms with E-state index < -0.39 is 5.79 Å². The number of hydrogen-bond donors (Lipinski definition) is 0. The summed E-state index contributed by atoms with van der Waals surface area (Å²) in [6.45, 7) is 9.10. The van der Waals surface area contributed by atoms with Gasteiger partial charge in [0, 0.05) is 12.3 Å². The molecule has 3 heteroatoms. The van der Waals surface area contributed by atoms with E-state index in [1.807, 2.05) is 6.92 Å². The van der Waals surface area contributed by atoms with E-state index in [4.69, 9.17) is 9.47 Å². The minimum absolute atomic E-state index is 0.230. The highest BCUT2D eigenvalue weighted by molar-refractivity contribution is 5.75. The van der Waals surface area contributed by atoms with Crippen molar-refractivity contribution in [1.82, 2.24) is 0 Å². The van der Waals surface area contributed by atoms with Gasteiger partial charge in [-0.2, -0.15) is 0 Å². The molecule has 1 saturated heterocycles. The van der Waals surface area contributed by atoms with Crippen molar-refractivity contribution in [3.8, 4) is 0 Å². The van der Waals surface area contributed by atoms with Gasteiger partial charge in [-0.1, -0.05) is 11.6 Å². The minimum Gasteiger partial charge on any atom is -0.348 e. The topological polar surface area (TPSA) is 35.5 Å². The second-order valence-corrected chi connectivity index (χ2v) is 5.17. The standard InChI is InChI=1S/C14H24O3/c1-11(2)5-7-13(8-6-12(3)15)14(4)16-9-10-17-14/h5,13H,6-10H2,1-4H3/t13-/m0/s1. The van der Waals surface area contributed by atoms with Crippen LogP contribution >= 0.6 is 0 Å². The van der Waals surface area contributed by atoms with Crippen LogP contribution in [0.2, 0.25) is 0 Å². The molecule has 17 heavy (non-hydrogen) atoms. The molecular weight excluding hydrogens is 216 g/mol. The van der Waals surface area contributed by atoms with Crippen molar-refractivity contribution < 1.29 is 14.3 Å². The Morgan fingerprint density at radius 1 is 1.29 bits per heavy atom. The molecule has 0 aromatic carbocycles. The number of ether oxygens (including phenoxy) is 2. The monoisotopic (exact) mass is 240 g/mol. The number of rotatable bonds is 6. The summed E-state index contributed by atoms with van der Waals surface area (Å²) in [7, 11) is 0. The molecule has 1 aliphatic rings. The molecule has 1 fully saturated rings. The predicted molar refractivity (Wildman–Crippen MR) is 67.8 cm³/mol. The summed E-state index contributed by atoms with van der Waals surface area (Å²) >= 11 is 0. The smallest absolute Gasteiger partial charge is 0.168 e. The number of Topliss-reactive ketones (excluding diaryl/α,β-unsaturated/α-hetero) is 1. The SMILES string of the molecule is CC(=O)CC[C@H](CC=C(C)C)C1(C)OCCO1. The van der Waals surface area contributed by atoms with Gasteiger partial charge in [-0.3, -0.25) is 0 Å². The van der Waals surface area contributed by atoms with Crippen molar-refractivity contribution in [1.29, 1.82) is 0 Å². The van der Waals surface area contributed by atoms with Gasteiger partial charge in [0.05, 0.1) is 13.2 Å². The molecule has 0 aliphatic carbocycles. The second-order valence-electron chi connectivity index (χ2n) is 5.17. The van der Waals surface area contributed by atoms with Gasteiger partial charge in [0.15, 0.2) is 5.79 Å². The molecule has 0 amide bonds. The fourth-order valence-electron chi connectivity index (χ4n) is 2.12. The first kappa shape index (κ1) is 14.4. The first-order valence-electron chi connectivity index (χ1n) is 6.35. The third kappa shape index (κ3) is 4.60. The molecule has 0 saturated carbocycles. The fourth-order valence-corrected chi connectivity index (χ4v) is 2.12. The van der Waals surface area contributed by atoms with Gasteiger partial charge in [-0.05, 0) is 40.5 Å². The number of hydrogen-bond acceptors (Lipinski definition) is 3. The van der Waals surface area contributed by atoms with Crippen molar-refractivity contribution >= 4 is 5.78 Å². The molecule has 1 aliphatic heterocycles. The van der Waals surface area contributed by atoms with Gasteiger partial charge >= 0.3 is 0 Å². The Balaban J connectivity index is 2.63. The normalized spacial score (nSPS) is 20.0. The highest BCUT2D eigenvalue weighted by Gasteiger charge is 2.38. The zero-order valence-corrected chi connectivity index (χ0v) is 11.4. The largest absolute Gasteiger partial charge is 0.348 e. The molecular formula is C14H24O3. The summed E-state index contributed by atoms with van der Waals surface area (Å²) in [6, 6.07) is 0. The Morgan fingerprint density at radius 2 is 1.88 bits per heavy atom. The summed E-state index contributed by atoms with van der Waals surface area (Å²) in [5.74, 6) is -0.0286. The number of ketones is 1. The van der Waals surface area contributed by atoms with Crippen LogP contribution in [0.15, 0.2) is 11.6 Å². The van der Waals surface area contributed by atoms with E-state index in [9.17, 15) is 4.79 Å². The maximum Gasteiger partial charge on any atom is 0.168 e. The highest BCUT2D eigenvalue weighted by atomic mass is 16.7. The van der Waals surface area contributed by atoms with Crippen LogP contribution in [0.25, 0.3) is 0 Å². The van der Waals surface area contributed by atoms with Crippen LogP contribution in [-0.4, -0.2) is 24.8 Å². The molecule has 0 bridgehead atoms. The van der Waals surface area contributed by atoms with Crippen LogP contribution in [0.3, 0.4) is 0 Å². The molecule has 0 unspecified atom stereocenters. The zero-order chi connectivity index (χ0) is 12.9. The molecule has 0 aromatic rings. The van der Waals surface area contributed by atoms with Gasteiger partial charge in [-0.15, -0.1) is 0 Å². The first-order valence-corrected chi connectivity index (χ1v) is 6.35. The van der Waals surface area contributed by atoms with Crippen molar-refractivity contribution in [2.24, 2.45) is 5.92 Å².